The molecule has 0 N–H and O–H groups in total. The van der Waals surface area contributed by atoms with Crippen LogP contribution in [0.3, 0.4) is 0 Å². The van der Waals surface area contributed by atoms with Gasteiger partial charge in [-0.1, -0.05) is 0 Å². The van der Waals surface area contributed by atoms with Crippen molar-refractivity contribution in [3.8, 4) is 23.0 Å². The molecular formula is C21H21NO5. The third-order valence-corrected chi connectivity index (χ3v) is 5.17. The smallest absolute Gasteiger partial charge is 0.258 e. The van der Waals surface area contributed by atoms with E-state index in [1.165, 1.54) is 0 Å². The third kappa shape index (κ3) is 2.29. The summed E-state index contributed by atoms with van der Waals surface area (Å²) in [7, 11) is 8.25. The molecular weight excluding hydrogens is 346 g/mol. The van der Waals surface area contributed by atoms with E-state index >= 15 is 0 Å². The van der Waals surface area contributed by atoms with Crippen molar-refractivity contribution in [3.63, 3.8) is 0 Å². The molecule has 0 aliphatic carbocycles. The second kappa shape index (κ2) is 6.23. The molecule has 1 amide bonds. The number of hydrogen-bond acceptors (Lipinski definition) is 5. The number of hydrogen-bond donors (Lipinski definition) is 0. The van der Waals surface area contributed by atoms with Crippen LogP contribution in [0.4, 0.5) is 0 Å². The maximum atomic E-state index is 12.7. The minimum Gasteiger partial charge on any atom is -0.496 e. The molecule has 6 nitrogen and oxygen atoms in total. The molecule has 1 aliphatic heterocycles. The van der Waals surface area contributed by atoms with Crippen molar-refractivity contribution in [2.45, 2.75) is 6.54 Å². The minimum atomic E-state index is -0.0523. The number of carbonyl (C=O) groups is 1. The van der Waals surface area contributed by atoms with Crippen LogP contribution in [-0.4, -0.2) is 46.3 Å². The largest absolute Gasteiger partial charge is 0.496 e. The van der Waals surface area contributed by atoms with Gasteiger partial charge in [-0.15, -0.1) is 0 Å². The van der Waals surface area contributed by atoms with E-state index in [0.29, 0.717) is 29.4 Å². The number of methoxy groups -OCH3 is 4. The zero-order valence-corrected chi connectivity index (χ0v) is 16.0. The molecule has 0 bridgehead atoms. The first-order valence-electron chi connectivity index (χ1n) is 8.56. The Morgan fingerprint density at radius 2 is 1.52 bits per heavy atom. The van der Waals surface area contributed by atoms with Gasteiger partial charge in [-0.05, 0) is 35.2 Å². The quantitative estimate of drug-likeness (QED) is 0.660. The Kier molecular flexibility index (Phi) is 3.98. The molecule has 4 rings (SSSR count). The van der Waals surface area contributed by atoms with Gasteiger partial charge in [0.1, 0.15) is 23.0 Å². The predicted molar refractivity (Wildman–Crippen MR) is 103 cm³/mol. The molecule has 0 spiro atoms. The summed E-state index contributed by atoms with van der Waals surface area (Å²) in [5.74, 6) is 2.59. The fraction of sp³-hybridized carbons (Fsp3) is 0.286. The molecule has 27 heavy (non-hydrogen) atoms. The Labute approximate surface area is 157 Å². The first kappa shape index (κ1) is 17.3. The molecule has 6 heteroatoms. The maximum Gasteiger partial charge on any atom is 0.258 e. The molecule has 0 fully saturated rings. The van der Waals surface area contributed by atoms with Crippen molar-refractivity contribution in [1.29, 1.82) is 0 Å². The molecule has 3 aromatic rings. The average Bonchev–Trinajstić information content (AvgIpc) is 2.99. The molecule has 3 aromatic carbocycles. The Morgan fingerprint density at radius 3 is 2.15 bits per heavy atom. The Morgan fingerprint density at radius 1 is 0.852 bits per heavy atom. The lowest BCUT2D eigenvalue weighted by Crippen LogP contribution is -2.17. The third-order valence-electron chi connectivity index (χ3n) is 5.17. The number of carbonyl (C=O) groups excluding carboxylic acids is 1. The molecule has 0 unspecified atom stereocenters. The number of ether oxygens (including phenoxy) is 4. The van der Waals surface area contributed by atoms with Gasteiger partial charge >= 0.3 is 0 Å². The highest BCUT2D eigenvalue weighted by molar-refractivity contribution is 6.15. The van der Waals surface area contributed by atoms with E-state index in [2.05, 4.69) is 0 Å². The number of rotatable bonds is 4. The van der Waals surface area contributed by atoms with Crippen LogP contribution >= 0.6 is 0 Å². The molecule has 0 atom stereocenters. The van der Waals surface area contributed by atoms with Crippen molar-refractivity contribution in [3.05, 3.63) is 35.4 Å². The lowest BCUT2D eigenvalue weighted by Gasteiger charge is -2.18. The fourth-order valence-electron chi connectivity index (χ4n) is 3.96. The molecule has 1 heterocycles. The minimum absolute atomic E-state index is 0.0523. The van der Waals surface area contributed by atoms with Crippen LogP contribution in [0.1, 0.15) is 15.9 Å². The molecule has 140 valence electrons. The van der Waals surface area contributed by atoms with Crippen LogP contribution in [0, 0.1) is 0 Å². The van der Waals surface area contributed by atoms with Gasteiger partial charge in [-0.2, -0.15) is 0 Å². The van der Waals surface area contributed by atoms with Gasteiger partial charge in [0.25, 0.3) is 5.91 Å². The van der Waals surface area contributed by atoms with Gasteiger partial charge in [-0.25, -0.2) is 0 Å². The summed E-state index contributed by atoms with van der Waals surface area (Å²) in [5.41, 5.74) is 1.49. The van der Waals surface area contributed by atoms with E-state index in [0.717, 1.165) is 32.9 Å². The standard InChI is InChI=1S/C21H21NO5/c1-22-10-13-17-11(9-16(26-4)19(13)21(22)23)8-12-14(24-2)6-7-15(25-3)18(12)20(17)27-5/h6-9H,10H2,1-5H3. The van der Waals surface area contributed by atoms with Gasteiger partial charge in [0, 0.05) is 24.4 Å². The van der Waals surface area contributed by atoms with E-state index < -0.39 is 0 Å². The van der Waals surface area contributed by atoms with Crippen LogP contribution in [0.15, 0.2) is 24.3 Å². The summed E-state index contributed by atoms with van der Waals surface area (Å²) in [5, 5.41) is 3.51. The predicted octanol–water partition coefficient (Wildman–Crippen LogP) is 3.61. The highest BCUT2D eigenvalue weighted by Gasteiger charge is 2.32. The van der Waals surface area contributed by atoms with E-state index in [-0.39, 0.29) is 5.91 Å². The van der Waals surface area contributed by atoms with Crippen LogP contribution < -0.4 is 18.9 Å². The first-order valence-corrected chi connectivity index (χ1v) is 8.56. The van der Waals surface area contributed by atoms with Crippen molar-refractivity contribution in [2.75, 3.05) is 35.5 Å². The van der Waals surface area contributed by atoms with Crippen LogP contribution in [0.2, 0.25) is 0 Å². The zero-order valence-electron chi connectivity index (χ0n) is 16.0. The van der Waals surface area contributed by atoms with Crippen LogP contribution in [0.5, 0.6) is 23.0 Å². The van der Waals surface area contributed by atoms with E-state index in [1.54, 1.807) is 40.4 Å². The summed E-state index contributed by atoms with van der Waals surface area (Å²) < 4.78 is 22.5. The normalized spacial score (nSPS) is 13.2. The second-order valence-electron chi connectivity index (χ2n) is 6.49. The summed E-state index contributed by atoms with van der Waals surface area (Å²) in [6.45, 7) is 0.496. The molecule has 0 radical (unpaired) electrons. The molecule has 1 aliphatic rings. The van der Waals surface area contributed by atoms with Crippen molar-refractivity contribution in [2.24, 2.45) is 0 Å². The van der Waals surface area contributed by atoms with Crippen molar-refractivity contribution < 1.29 is 23.7 Å². The summed E-state index contributed by atoms with van der Waals surface area (Å²) in [6.07, 6.45) is 0. The van der Waals surface area contributed by atoms with Gasteiger partial charge in [0.15, 0.2) is 0 Å². The lowest BCUT2D eigenvalue weighted by molar-refractivity contribution is 0.0814. The van der Waals surface area contributed by atoms with E-state index in [4.69, 9.17) is 18.9 Å². The van der Waals surface area contributed by atoms with Crippen LogP contribution in [0.25, 0.3) is 21.5 Å². The first-order chi connectivity index (χ1) is 13.0. The second-order valence-corrected chi connectivity index (χ2v) is 6.49. The molecule has 0 saturated heterocycles. The zero-order chi connectivity index (χ0) is 19.3. The number of benzene rings is 3. The lowest BCUT2D eigenvalue weighted by atomic mass is 9.94. The molecule has 0 aromatic heterocycles. The summed E-state index contributed by atoms with van der Waals surface area (Å²) in [6, 6.07) is 7.64. The van der Waals surface area contributed by atoms with Gasteiger partial charge in [0.05, 0.1) is 39.4 Å². The van der Waals surface area contributed by atoms with Gasteiger partial charge < -0.3 is 23.8 Å². The van der Waals surface area contributed by atoms with Crippen LogP contribution in [-0.2, 0) is 6.54 Å². The topological polar surface area (TPSA) is 57.2 Å². The fourth-order valence-corrected chi connectivity index (χ4v) is 3.96. The van der Waals surface area contributed by atoms with Crippen molar-refractivity contribution in [1.82, 2.24) is 4.90 Å². The maximum absolute atomic E-state index is 12.7. The Bertz CT molecular complexity index is 1090. The number of nitrogens with zero attached hydrogens (tertiary/aromatic N) is 1. The van der Waals surface area contributed by atoms with E-state index in [1.807, 2.05) is 24.3 Å². The Hall–Kier alpha value is -3.15. The summed E-state index contributed by atoms with van der Waals surface area (Å²) in [4.78, 5) is 14.3. The monoisotopic (exact) mass is 367 g/mol. The van der Waals surface area contributed by atoms with Crippen molar-refractivity contribution >= 4 is 27.5 Å². The Balaban J connectivity index is 2.25. The SMILES string of the molecule is COc1cc2cc3c(OC)ccc(OC)c3c(OC)c2c2c1C(=O)N(C)C2. The highest BCUT2D eigenvalue weighted by atomic mass is 16.5. The molecule has 0 saturated carbocycles. The number of fused-ring (bicyclic) bond motifs is 4. The van der Waals surface area contributed by atoms with E-state index in [9.17, 15) is 4.79 Å². The highest BCUT2D eigenvalue weighted by Crippen LogP contribution is 2.48. The van der Waals surface area contributed by atoms with Gasteiger partial charge in [-0.3, -0.25) is 4.79 Å². The number of amides is 1. The average molecular weight is 367 g/mol. The van der Waals surface area contributed by atoms with Gasteiger partial charge in [0.2, 0.25) is 0 Å². The summed E-state index contributed by atoms with van der Waals surface area (Å²) >= 11 is 0.